The normalized spacial score (nSPS) is 11.2. The molecule has 5 heterocycles. The van der Waals surface area contributed by atoms with Crippen LogP contribution in [0, 0.1) is 39.8 Å². The van der Waals surface area contributed by atoms with E-state index in [1.165, 1.54) is 24.3 Å². The molecule has 11 rings (SSSR count). The Morgan fingerprint density at radius 1 is 0.559 bits per heavy atom. The molecule has 2 fully saturated rings. The predicted molar refractivity (Wildman–Crippen MR) is 334 cm³/mol. The topological polar surface area (TPSA) is 335 Å². The number of ether oxygens (including phenoxy) is 2. The van der Waals surface area contributed by atoms with Crippen LogP contribution in [0.3, 0.4) is 0 Å². The van der Waals surface area contributed by atoms with Crippen molar-refractivity contribution in [1.29, 1.82) is 15.8 Å². The van der Waals surface area contributed by atoms with E-state index in [-0.39, 0.29) is 134 Å². The number of phenols is 1. The van der Waals surface area contributed by atoms with Crippen molar-refractivity contribution in [3.8, 4) is 80.7 Å². The number of nitrogens with zero attached hydrogens (tertiary/aromatic N) is 8. The van der Waals surface area contributed by atoms with Crippen molar-refractivity contribution in [1.82, 2.24) is 40.7 Å². The number of amides is 4. The molecule has 25 heteroatoms. The van der Waals surface area contributed by atoms with Crippen molar-refractivity contribution in [2.24, 2.45) is 5.73 Å². The molecule has 0 bridgehead atoms. The molecule has 2 aliphatic rings. The van der Waals surface area contributed by atoms with Gasteiger partial charge in [0.1, 0.15) is 46.0 Å². The van der Waals surface area contributed by atoms with Crippen molar-refractivity contribution in [3.63, 3.8) is 0 Å². The van der Waals surface area contributed by atoms with Gasteiger partial charge in [-0.05, 0) is 182 Å². The minimum atomic E-state index is -0.311. The summed E-state index contributed by atoms with van der Waals surface area (Å²) < 4.78 is 23.7. The number of halogens is 1. The Morgan fingerprint density at radius 3 is 1.29 bits per heavy atom. The molecule has 0 spiro atoms. The first-order chi connectivity index (χ1) is 44.4. The number of nitriles is 3. The molecule has 3 aromatic heterocycles. The third kappa shape index (κ3) is 27.1. The first-order valence-electron chi connectivity index (χ1n) is 27.9. The van der Waals surface area contributed by atoms with Gasteiger partial charge in [-0.1, -0.05) is 18.2 Å². The van der Waals surface area contributed by atoms with E-state index in [2.05, 4.69) is 42.9 Å². The molecule has 6 aromatic carbocycles. The van der Waals surface area contributed by atoms with Crippen molar-refractivity contribution in [3.05, 3.63) is 240 Å². The number of aromatic nitrogens is 3. The zero-order chi connectivity index (χ0) is 65.0. The molecular formula is C68H61FK2N12O10. The number of nitrogens with two attached hydrogens (primary N) is 1. The Hall–Kier alpha value is -8.93. The summed E-state index contributed by atoms with van der Waals surface area (Å²) in [5.74, 6) is 2.66. The van der Waals surface area contributed by atoms with Gasteiger partial charge in [0.2, 0.25) is 0 Å². The quantitative estimate of drug-likeness (QED) is 0.0287. The van der Waals surface area contributed by atoms with Crippen molar-refractivity contribution in [2.75, 3.05) is 52.4 Å². The fraction of sp³-hybridized carbons (Fsp3) is 0.132. The van der Waals surface area contributed by atoms with Crippen LogP contribution in [0.1, 0.15) is 44.8 Å². The minimum Gasteiger partial charge on any atom is -1.00 e. The van der Waals surface area contributed by atoms with Crippen LogP contribution in [0.2, 0.25) is 0 Å². The zero-order valence-corrected chi connectivity index (χ0v) is 57.0. The Labute approximate surface area is 623 Å². The number of carbonyl (C=O) groups excluding carboxylic acids is 5. The summed E-state index contributed by atoms with van der Waals surface area (Å²) in [5.41, 5.74) is 13.8. The molecule has 0 unspecified atom stereocenters. The number of aromatic hydroxyl groups is 1. The molecule has 9 aromatic rings. The monoisotopic (exact) mass is 1300 g/mol. The summed E-state index contributed by atoms with van der Waals surface area (Å²) in [5, 5.41) is 52.3. The van der Waals surface area contributed by atoms with Gasteiger partial charge in [-0.15, -0.1) is 0 Å². The molecule has 0 radical (unpaired) electrons. The van der Waals surface area contributed by atoms with Gasteiger partial charge in [0.25, 0.3) is 6.47 Å². The molecule has 0 atom stereocenters. The van der Waals surface area contributed by atoms with E-state index in [1.807, 2.05) is 84.9 Å². The molecular weight excluding hydrogens is 1240 g/mol. The molecule has 2 aliphatic heterocycles. The number of aldehydes is 2. The standard InChI is InChI=1S/C24H23N5O2.C19H12N2O2.C12H9NO2.C7H4FN.C5H11N3O.CH2O3.2K.H/c25-16-18-4-8-21(9-5-18)31-22-10-6-19(7-11-22)23-3-1-2-20(28-23)17-26-12-14-29-15-13-27-24(29)30;20-12-14-4-8-17(9-5-14)23-18-10-6-15(7-11-18)19-3-1-2-16(13-22)21-19;14-8-10-2-1-3-12(13-10)9-4-6-11(15)7-5-9;8-7-3-1-6(5-9)2-4-7;6-1-3-8-4-2-7-5(8)9;2-1-4-3;;;/h1-11,26H,12-15,17H2,(H,27,30);1-11,13H;1-8,15H;1-4H;1-4,6H2,(H,7,9);1,3H;;;/q;;;;;;2*+1;-1/p-1. The molecule has 2 saturated heterocycles. The molecule has 4 amide bonds. The maximum atomic E-state index is 12.1. The maximum Gasteiger partial charge on any atom is 1.00 e. The van der Waals surface area contributed by atoms with Crippen molar-refractivity contribution in [2.45, 2.75) is 6.54 Å². The summed E-state index contributed by atoms with van der Waals surface area (Å²) in [6.07, 6.45) is 1.44. The molecule has 22 nitrogen and oxygen atoms in total. The summed E-state index contributed by atoms with van der Waals surface area (Å²) in [6, 6.07) is 63.8. The Bertz CT molecular complexity index is 3920. The number of urea groups is 2. The SMILES string of the molecule is N#Cc1ccc(F)cc1.N#Cc1ccc(Oc2ccc(-c3cccc(C=O)n3)cc2)cc1.N#Cc1ccc(Oc2ccc(-c3cccc(CNCCN4CCNC4=O)n3)cc2)cc1.NCCN1CCNC1=O.O=CO[O-].O=Cc1cccc(-c2ccc(O)cc2)n1.[H-].[K+].[K+]. The van der Waals surface area contributed by atoms with Crippen LogP contribution in [-0.2, 0) is 16.2 Å². The van der Waals surface area contributed by atoms with Gasteiger partial charge in [0, 0.05) is 75.6 Å². The van der Waals surface area contributed by atoms with Crippen LogP contribution < -0.4 is 139 Å². The van der Waals surface area contributed by atoms with E-state index < -0.39 is 0 Å². The van der Waals surface area contributed by atoms with Gasteiger partial charge in [-0.25, -0.2) is 23.9 Å². The molecule has 462 valence electrons. The number of hydrogen-bond acceptors (Lipinski definition) is 18. The minimum absolute atomic E-state index is 0. The van der Waals surface area contributed by atoms with Gasteiger partial charge < -0.3 is 57.6 Å². The smallest absolute Gasteiger partial charge is 1.00 e. The van der Waals surface area contributed by atoms with Crippen LogP contribution in [0.5, 0.6) is 28.7 Å². The third-order valence-electron chi connectivity index (χ3n) is 12.7. The number of pyridine rings is 3. The molecule has 93 heavy (non-hydrogen) atoms. The van der Waals surface area contributed by atoms with Crippen LogP contribution in [0.15, 0.2) is 200 Å². The first-order valence-corrected chi connectivity index (χ1v) is 27.9. The Balaban J connectivity index is 0.000000321. The van der Waals surface area contributed by atoms with Gasteiger partial charge in [0.15, 0.2) is 12.6 Å². The number of hydrogen-bond donors (Lipinski definition) is 5. The summed E-state index contributed by atoms with van der Waals surface area (Å²) in [6.45, 7) is 6.14. The van der Waals surface area contributed by atoms with Crippen LogP contribution in [0.25, 0.3) is 33.8 Å². The van der Waals surface area contributed by atoms with E-state index in [4.69, 9.17) is 51.1 Å². The fourth-order valence-electron chi connectivity index (χ4n) is 8.14. The average molecular weight is 1300 g/mol. The third-order valence-corrected chi connectivity index (χ3v) is 12.7. The van der Waals surface area contributed by atoms with Crippen LogP contribution >= 0.6 is 0 Å². The Kier molecular flexibility index (Phi) is 35.4. The van der Waals surface area contributed by atoms with E-state index in [0.717, 1.165) is 84.2 Å². The van der Waals surface area contributed by atoms with Crippen LogP contribution in [-0.4, -0.2) is 113 Å². The van der Waals surface area contributed by atoms with Crippen molar-refractivity contribution >= 4 is 31.1 Å². The second-order valence-electron chi connectivity index (χ2n) is 18.9. The number of phenolic OH excluding ortho intramolecular Hbond substituents is 1. The average Bonchev–Trinajstić information content (AvgIpc) is 3.47. The second-order valence-corrected chi connectivity index (χ2v) is 18.9. The number of carbonyl (C=O) groups is 5. The van der Waals surface area contributed by atoms with E-state index in [9.17, 15) is 23.6 Å². The number of benzene rings is 6. The number of rotatable bonds is 17. The van der Waals surface area contributed by atoms with E-state index >= 15 is 0 Å². The predicted octanol–water partition coefficient (Wildman–Crippen LogP) is 3.24. The summed E-state index contributed by atoms with van der Waals surface area (Å²) >= 11 is 0. The zero-order valence-electron chi connectivity index (χ0n) is 51.8. The Morgan fingerprint density at radius 2 is 0.925 bits per heavy atom. The largest absolute Gasteiger partial charge is 1.00 e. The maximum absolute atomic E-state index is 12.1. The van der Waals surface area contributed by atoms with E-state index in [1.54, 1.807) is 107 Å². The first kappa shape index (κ1) is 76.5. The van der Waals surface area contributed by atoms with Gasteiger partial charge in [0.05, 0.1) is 57.7 Å². The summed E-state index contributed by atoms with van der Waals surface area (Å²) in [7, 11) is 0. The van der Waals surface area contributed by atoms with Crippen LogP contribution in [0.4, 0.5) is 14.0 Å². The van der Waals surface area contributed by atoms with Crippen molar-refractivity contribution < 1.29 is 157 Å². The van der Waals surface area contributed by atoms with Gasteiger partial charge >= 0.3 is 115 Å². The number of nitrogens with one attached hydrogen (secondary N) is 3. The van der Waals surface area contributed by atoms with Gasteiger partial charge in [-0.3, -0.25) is 19.4 Å². The molecule has 0 saturated carbocycles. The van der Waals surface area contributed by atoms with Gasteiger partial charge in [-0.2, -0.15) is 15.8 Å². The molecule has 0 aliphatic carbocycles. The second kappa shape index (κ2) is 43.0. The fourth-order valence-corrected chi connectivity index (χ4v) is 8.14. The van der Waals surface area contributed by atoms with E-state index in [0.29, 0.717) is 77.8 Å². The summed E-state index contributed by atoms with van der Waals surface area (Å²) in [4.78, 5) is 71.5. The molecule has 6 N–H and O–H groups in total.